The minimum Gasteiger partial charge on any atom is -0.404 e. The van der Waals surface area contributed by atoms with Crippen molar-refractivity contribution in [2.24, 2.45) is 18.5 Å². The van der Waals surface area contributed by atoms with Gasteiger partial charge in [-0.3, -0.25) is 4.68 Å². The van der Waals surface area contributed by atoms with E-state index in [-0.39, 0.29) is 5.16 Å². The molecule has 0 saturated carbocycles. The standard InChI is InChI=1S/C10H15Cl2N5O/c1-16(2)18-7(5-8(11)13)10(14)6-4-9(12)15-17(6)3/h4-5H,13-14H2,1-3H3/b8-5-,10-7+. The highest BCUT2D eigenvalue weighted by atomic mass is 35.5. The van der Waals surface area contributed by atoms with Crippen LogP contribution < -0.4 is 11.5 Å². The van der Waals surface area contributed by atoms with Crippen molar-refractivity contribution in [3.05, 3.63) is 33.9 Å². The fourth-order valence-corrected chi connectivity index (χ4v) is 1.60. The number of allylic oxidation sites excluding steroid dienone is 1. The van der Waals surface area contributed by atoms with Crippen LogP contribution in [-0.4, -0.2) is 28.9 Å². The number of hydrogen-bond donors (Lipinski definition) is 2. The molecule has 0 bridgehead atoms. The molecule has 1 aromatic rings. The van der Waals surface area contributed by atoms with Crippen LogP contribution in [-0.2, 0) is 11.9 Å². The van der Waals surface area contributed by atoms with Gasteiger partial charge in [-0.2, -0.15) is 10.2 Å². The van der Waals surface area contributed by atoms with Crippen molar-refractivity contribution in [2.75, 3.05) is 14.1 Å². The molecule has 0 unspecified atom stereocenters. The van der Waals surface area contributed by atoms with E-state index in [1.807, 2.05) is 0 Å². The highest BCUT2D eigenvalue weighted by Gasteiger charge is 2.13. The van der Waals surface area contributed by atoms with E-state index in [1.165, 1.54) is 15.8 Å². The van der Waals surface area contributed by atoms with Gasteiger partial charge < -0.3 is 16.3 Å². The fourth-order valence-electron chi connectivity index (χ4n) is 1.29. The molecule has 0 aliphatic carbocycles. The van der Waals surface area contributed by atoms with E-state index in [9.17, 15) is 0 Å². The fraction of sp³-hybridized carbons (Fsp3) is 0.300. The zero-order chi connectivity index (χ0) is 13.9. The number of aryl methyl sites for hydroxylation is 1. The maximum absolute atomic E-state index is 6.00. The molecule has 8 heteroatoms. The quantitative estimate of drug-likeness (QED) is 0.377. The SMILES string of the molecule is CN(C)OC(/C=C(\N)Cl)=C(/N)c1cc(Cl)nn1C. The molecule has 0 aliphatic heterocycles. The monoisotopic (exact) mass is 291 g/mol. The first kappa shape index (κ1) is 14.7. The predicted molar refractivity (Wildman–Crippen MR) is 72.2 cm³/mol. The van der Waals surface area contributed by atoms with E-state index in [0.717, 1.165) is 0 Å². The highest BCUT2D eigenvalue weighted by Crippen LogP contribution is 2.19. The van der Waals surface area contributed by atoms with Crippen molar-refractivity contribution in [3.63, 3.8) is 0 Å². The molecule has 1 aromatic heterocycles. The molecule has 6 nitrogen and oxygen atoms in total. The number of rotatable bonds is 4. The Kier molecular flexibility index (Phi) is 4.89. The summed E-state index contributed by atoms with van der Waals surface area (Å²) in [6.45, 7) is 0. The van der Waals surface area contributed by atoms with Gasteiger partial charge in [-0.15, -0.1) is 0 Å². The zero-order valence-electron chi connectivity index (χ0n) is 10.3. The van der Waals surface area contributed by atoms with Crippen LogP contribution in [0.4, 0.5) is 0 Å². The van der Waals surface area contributed by atoms with Gasteiger partial charge in [-0.1, -0.05) is 23.2 Å². The van der Waals surface area contributed by atoms with E-state index >= 15 is 0 Å². The van der Waals surface area contributed by atoms with E-state index in [4.69, 9.17) is 39.5 Å². The summed E-state index contributed by atoms with van der Waals surface area (Å²) >= 11 is 11.4. The summed E-state index contributed by atoms with van der Waals surface area (Å²) in [7, 11) is 5.14. The van der Waals surface area contributed by atoms with Crippen LogP contribution in [0.2, 0.25) is 5.15 Å². The van der Waals surface area contributed by atoms with Gasteiger partial charge in [0.1, 0.15) is 10.9 Å². The van der Waals surface area contributed by atoms with E-state index < -0.39 is 0 Å². The Morgan fingerprint density at radius 1 is 1.50 bits per heavy atom. The third kappa shape index (κ3) is 3.83. The van der Waals surface area contributed by atoms with Crippen LogP contribution in [0.15, 0.2) is 23.1 Å². The average molecular weight is 292 g/mol. The van der Waals surface area contributed by atoms with E-state index in [2.05, 4.69) is 5.10 Å². The first-order chi connectivity index (χ1) is 8.31. The van der Waals surface area contributed by atoms with Crippen molar-refractivity contribution in [2.45, 2.75) is 0 Å². The van der Waals surface area contributed by atoms with E-state index in [1.54, 1.807) is 27.2 Å². The number of nitrogens with zero attached hydrogens (tertiary/aromatic N) is 3. The lowest BCUT2D eigenvalue weighted by molar-refractivity contribution is -0.0667. The van der Waals surface area contributed by atoms with Crippen molar-refractivity contribution >= 4 is 28.9 Å². The summed E-state index contributed by atoms with van der Waals surface area (Å²) in [4.78, 5) is 5.40. The predicted octanol–water partition coefficient (Wildman–Crippen LogP) is 1.23. The zero-order valence-corrected chi connectivity index (χ0v) is 11.8. The lowest BCUT2D eigenvalue weighted by Gasteiger charge is -2.15. The lowest BCUT2D eigenvalue weighted by Crippen LogP contribution is -2.16. The molecule has 0 saturated heterocycles. The normalized spacial score (nSPS) is 13.8. The second kappa shape index (κ2) is 5.99. The molecule has 0 amide bonds. The Balaban J connectivity index is 3.26. The third-order valence-corrected chi connectivity index (χ3v) is 2.24. The average Bonchev–Trinajstić information content (AvgIpc) is 2.54. The van der Waals surface area contributed by atoms with Gasteiger partial charge in [-0.25, -0.2) is 0 Å². The van der Waals surface area contributed by atoms with Crippen LogP contribution in [0.25, 0.3) is 5.70 Å². The number of halogens is 2. The molecule has 100 valence electrons. The summed E-state index contributed by atoms with van der Waals surface area (Å²) in [6.07, 6.45) is 1.41. The first-order valence-corrected chi connectivity index (χ1v) is 5.74. The van der Waals surface area contributed by atoms with Crippen molar-refractivity contribution in [3.8, 4) is 0 Å². The molecule has 0 spiro atoms. The topological polar surface area (TPSA) is 82.3 Å². The minimum atomic E-state index is 0.0584. The Morgan fingerprint density at radius 3 is 2.50 bits per heavy atom. The van der Waals surface area contributed by atoms with Gasteiger partial charge in [0, 0.05) is 33.3 Å². The molecule has 1 heterocycles. The van der Waals surface area contributed by atoms with Gasteiger partial charge in [0.2, 0.25) is 0 Å². The van der Waals surface area contributed by atoms with Crippen LogP contribution in [0.5, 0.6) is 0 Å². The molecule has 4 N–H and O–H groups in total. The lowest BCUT2D eigenvalue weighted by atomic mass is 10.2. The van der Waals surface area contributed by atoms with Gasteiger partial charge in [-0.05, 0) is 0 Å². The Morgan fingerprint density at radius 2 is 2.11 bits per heavy atom. The van der Waals surface area contributed by atoms with Gasteiger partial charge in [0.15, 0.2) is 10.9 Å². The Labute approximate surface area is 115 Å². The molecule has 18 heavy (non-hydrogen) atoms. The first-order valence-electron chi connectivity index (χ1n) is 4.99. The minimum absolute atomic E-state index is 0.0584. The van der Waals surface area contributed by atoms with E-state index in [0.29, 0.717) is 22.3 Å². The van der Waals surface area contributed by atoms with Crippen LogP contribution in [0.1, 0.15) is 5.69 Å². The maximum atomic E-state index is 6.00. The summed E-state index contributed by atoms with van der Waals surface area (Å²) in [5, 5.41) is 5.85. The largest absolute Gasteiger partial charge is 0.404 e. The molecule has 0 aliphatic rings. The maximum Gasteiger partial charge on any atom is 0.175 e. The summed E-state index contributed by atoms with van der Waals surface area (Å²) in [6, 6.07) is 1.62. The molecule has 0 fully saturated rings. The number of hydrogen-bond acceptors (Lipinski definition) is 5. The highest BCUT2D eigenvalue weighted by molar-refractivity contribution is 6.29. The summed E-state index contributed by atoms with van der Waals surface area (Å²) in [5.74, 6) is 0.312. The van der Waals surface area contributed by atoms with Crippen molar-refractivity contribution in [1.82, 2.24) is 14.8 Å². The van der Waals surface area contributed by atoms with Gasteiger partial charge >= 0.3 is 0 Å². The Hall–Kier alpha value is -1.37. The smallest absolute Gasteiger partial charge is 0.175 e. The summed E-state index contributed by atoms with van der Waals surface area (Å²) in [5.41, 5.74) is 12.3. The second-order valence-electron chi connectivity index (χ2n) is 3.69. The molecular formula is C10H15Cl2N5O. The number of nitrogens with two attached hydrogens (primary N) is 2. The van der Waals surface area contributed by atoms with Crippen molar-refractivity contribution < 1.29 is 4.84 Å². The molecular weight excluding hydrogens is 277 g/mol. The van der Waals surface area contributed by atoms with Crippen LogP contribution in [0.3, 0.4) is 0 Å². The summed E-state index contributed by atoms with van der Waals surface area (Å²) < 4.78 is 1.54. The van der Waals surface area contributed by atoms with Crippen molar-refractivity contribution in [1.29, 1.82) is 0 Å². The van der Waals surface area contributed by atoms with Crippen LogP contribution >= 0.6 is 23.2 Å². The molecule has 0 aromatic carbocycles. The van der Waals surface area contributed by atoms with Gasteiger partial charge in [0.05, 0.1) is 5.69 Å². The van der Waals surface area contributed by atoms with Crippen LogP contribution in [0, 0.1) is 0 Å². The number of aromatic nitrogens is 2. The Bertz CT molecular complexity index is 488. The molecule has 1 rings (SSSR count). The molecule has 0 atom stereocenters. The second-order valence-corrected chi connectivity index (χ2v) is 4.51. The third-order valence-electron chi connectivity index (χ3n) is 1.94. The molecule has 0 radical (unpaired) electrons. The van der Waals surface area contributed by atoms with Gasteiger partial charge in [0.25, 0.3) is 0 Å². The number of hydroxylamine groups is 2.